The smallest absolute Gasteiger partial charge is 0.101 e. The maximum absolute atomic E-state index is 8.87. The molecule has 0 bridgehead atoms. The second-order valence-corrected chi connectivity index (χ2v) is 5.80. The summed E-state index contributed by atoms with van der Waals surface area (Å²) >= 11 is 0. The number of unbranched alkanes of at least 4 members (excludes halogenated alkanes) is 1. The van der Waals surface area contributed by atoms with E-state index in [-0.39, 0.29) is 0 Å². The maximum Gasteiger partial charge on any atom is 0.101 e. The molecule has 0 aliphatic heterocycles. The van der Waals surface area contributed by atoms with Crippen LogP contribution in [-0.4, -0.2) is 54.6 Å². The van der Waals surface area contributed by atoms with Crippen LogP contribution in [0.1, 0.15) is 53.4 Å². The van der Waals surface area contributed by atoms with E-state index in [1.54, 1.807) is 0 Å². The van der Waals surface area contributed by atoms with Gasteiger partial charge in [0, 0.05) is 0 Å². The van der Waals surface area contributed by atoms with Crippen LogP contribution in [0.25, 0.3) is 0 Å². The van der Waals surface area contributed by atoms with Crippen molar-refractivity contribution in [3.05, 3.63) is 0 Å². The summed E-state index contributed by atoms with van der Waals surface area (Å²) in [7, 11) is 0. The molecule has 0 aliphatic carbocycles. The zero-order valence-electron chi connectivity index (χ0n) is 14.0. The van der Waals surface area contributed by atoms with Gasteiger partial charge < -0.3 is 15.5 Å². The lowest BCUT2D eigenvalue weighted by Gasteiger charge is -2.23. The van der Waals surface area contributed by atoms with Gasteiger partial charge in [-0.05, 0) is 71.9 Å². The van der Waals surface area contributed by atoms with Crippen LogP contribution in [0.5, 0.6) is 0 Å². The fourth-order valence-electron chi connectivity index (χ4n) is 2.37. The van der Waals surface area contributed by atoms with E-state index in [0.717, 1.165) is 45.4 Å². The monoisotopic (exact) mass is 282 g/mol. The van der Waals surface area contributed by atoms with Crippen LogP contribution in [0, 0.1) is 11.3 Å². The molecule has 0 saturated heterocycles. The topological polar surface area (TPSA) is 56.3 Å². The third-order valence-corrected chi connectivity index (χ3v) is 3.97. The summed E-state index contributed by atoms with van der Waals surface area (Å²) in [5.41, 5.74) is 5.18. The summed E-state index contributed by atoms with van der Waals surface area (Å²) in [4.78, 5) is 4.98. The van der Waals surface area contributed by atoms with Gasteiger partial charge in [0.05, 0.1) is 6.07 Å². The lowest BCUT2D eigenvalue weighted by atomic mass is 9.98. The predicted molar refractivity (Wildman–Crippen MR) is 86.6 cm³/mol. The molecule has 0 spiro atoms. The zero-order chi connectivity index (χ0) is 15.4. The minimum Gasteiger partial charge on any atom is -0.314 e. The third kappa shape index (κ3) is 9.30. The van der Waals surface area contributed by atoms with Crippen molar-refractivity contribution < 1.29 is 0 Å². The van der Waals surface area contributed by atoms with E-state index < -0.39 is 5.54 Å². The van der Waals surface area contributed by atoms with Gasteiger partial charge in [-0.3, -0.25) is 0 Å². The van der Waals surface area contributed by atoms with E-state index in [9.17, 15) is 0 Å². The summed E-state index contributed by atoms with van der Waals surface area (Å²) in [5.74, 6) is 0. The van der Waals surface area contributed by atoms with Crippen molar-refractivity contribution in [3.8, 4) is 6.07 Å². The number of nitrogens with two attached hydrogens (primary N) is 1. The van der Waals surface area contributed by atoms with Gasteiger partial charge in [-0.1, -0.05) is 20.8 Å². The molecule has 0 rings (SSSR count). The molecule has 20 heavy (non-hydrogen) atoms. The summed E-state index contributed by atoms with van der Waals surface area (Å²) in [6.45, 7) is 15.4. The van der Waals surface area contributed by atoms with Gasteiger partial charge >= 0.3 is 0 Å². The minimum atomic E-state index is -0.653. The van der Waals surface area contributed by atoms with E-state index in [4.69, 9.17) is 11.0 Å². The Balaban J connectivity index is 3.75. The molecule has 4 nitrogen and oxygen atoms in total. The molecule has 1 unspecified atom stereocenters. The molecule has 0 aliphatic rings. The van der Waals surface area contributed by atoms with Crippen LogP contribution in [0.3, 0.4) is 0 Å². The van der Waals surface area contributed by atoms with Crippen LogP contribution in [0.4, 0.5) is 0 Å². The standard InChI is InChI=1S/C16H34N4/c1-5-19(6-2)13-10-14-20(7-3)12-9-8-11-16(4,18)15-17/h5-14,18H2,1-4H3. The average Bonchev–Trinajstić information content (AvgIpc) is 2.45. The van der Waals surface area contributed by atoms with Crippen LogP contribution in [0.15, 0.2) is 0 Å². The molecule has 0 amide bonds. The first-order chi connectivity index (χ1) is 9.49. The molecule has 0 saturated carbocycles. The Bertz CT molecular complexity index is 266. The first kappa shape index (κ1) is 19.4. The Morgan fingerprint density at radius 3 is 1.90 bits per heavy atom. The molecule has 0 aromatic carbocycles. The summed E-state index contributed by atoms with van der Waals surface area (Å²) in [5, 5.41) is 8.87. The van der Waals surface area contributed by atoms with Crippen molar-refractivity contribution in [1.29, 1.82) is 5.26 Å². The second kappa shape index (κ2) is 11.1. The number of hydrogen-bond donors (Lipinski definition) is 1. The normalized spacial score (nSPS) is 14.5. The first-order valence-corrected chi connectivity index (χ1v) is 8.13. The van der Waals surface area contributed by atoms with Crippen molar-refractivity contribution in [2.45, 2.75) is 58.9 Å². The highest BCUT2D eigenvalue weighted by molar-refractivity contribution is 5.00. The minimum absolute atomic E-state index is 0.653. The van der Waals surface area contributed by atoms with E-state index in [2.05, 4.69) is 36.6 Å². The second-order valence-electron chi connectivity index (χ2n) is 5.80. The third-order valence-electron chi connectivity index (χ3n) is 3.97. The quantitative estimate of drug-likeness (QED) is 0.559. The molecule has 0 aromatic rings. The molecular weight excluding hydrogens is 248 g/mol. The highest BCUT2D eigenvalue weighted by Gasteiger charge is 2.16. The maximum atomic E-state index is 8.87. The van der Waals surface area contributed by atoms with Crippen LogP contribution in [-0.2, 0) is 0 Å². The van der Waals surface area contributed by atoms with E-state index in [0.29, 0.717) is 0 Å². The molecule has 0 aromatic heterocycles. The Labute approximate surface area is 125 Å². The van der Waals surface area contributed by atoms with Crippen molar-refractivity contribution >= 4 is 0 Å². The number of nitrogens with zero attached hydrogens (tertiary/aromatic N) is 3. The Kier molecular flexibility index (Phi) is 10.7. The van der Waals surface area contributed by atoms with E-state index in [1.165, 1.54) is 19.5 Å². The van der Waals surface area contributed by atoms with Gasteiger partial charge in [0.15, 0.2) is 0 Å². The average molecular weight is 282 g/mol. The highest BCUT2D eigenvalue weighted by Crippen LogP contribution is 2.10. The predicted octanol–water partition coefficient (Wildman–Crippen LogP) is 2.45. The largest absolute Gasteiger partial charge is 0.314 e. The van der Waals surface area contributed by atoms with Gasteiger partial charge in [0.2, 0.25) is 0 Å². The molecule has 2 N–H and O–H groups in total. The SMILES string of the molecule is CCN(CC)CCCN(CC)CCCCC(C)(N)C#N. The number of hydrogen-bond acceptors (Lipinski definition) is 4. The van der Waals surface area contributed by atoms with Crippen LogP contribution in [0.2, 0.25) is 0 Å². The summed E-state index contributed by atoms with van der Waals surface area (Å²) < 4.78 is 0. The van der Waals surface area contributed by atoms with Crippen molar-refractivity contribution in [2.24, 2.45) is 5.73 Å². The van der Waals surface area contributed by atoms with Crippen molar-refractivity contribution in [2.75, 3.05) is 39.3 Å². The molecule has 0 radical (unpaired) electrons. The first-order valence-electron chi connectivity index (χ1n) is 8.13. The molecule has 4 heteroatoms. The summed E-state index contributed by atoms with van der Waals surface area (Å²) in [6, 6.07) is 2.16. The fraction of sp³-hybridized carbons (Fsp3) is 0.938. The van der Waals surface area contributed by atoms with Crippen molar-refractivity contribution in [3.63, 3.8) is 0 Å². The van der Waals surface area contributed by atoms with Gasteiger partial charge in [-0.2, -0.15) is 5.26 Å². The van der Waals surface area contributed by atoms with E-state index >= 15 is 0 Å². The Hall–Kier alpha value is -0.630. The van der Waals surface area contributed by atoms with Gasteiger partial charge in [0.25, 0.3) is 0 Å². The Morgan fingerprint density at radius 1 is 0.900 bits per heavy atom. The van der Waals surface area contributed by atoms with E-state index in [1.807, 2.05) is 6.92 Å². The lowest BCUT2D eigenvalue weighted by molar-refractivity contribution is 0.239. The molecule has 0 heterocycles. The van der Waals surface area contributed by atoms with Crippen LogP contribution < -0.4 is 5.73 Å². The summed E-state index contributed by atoms with van der Waals surface area (Å²) in [6.07, 6.45) is 4.20. The highest BCUT2D eigenvalue weighted by atomic mass is 15.1. The number of nitriles is 1. The molecule has 0 fully saturated rings. The van der Waals surface area contributed by atoms with Crippen molar-refractivity contribution in [1.82, 2.24) is 9.80 Å². The van der Waals surface area contributed by atoms with Gasteiger partial charge in [0.1, 0.15) is 5.54 Å². The lowest BCUT2D eigenvalue weighted by Crippen LogP contribution is -2.34. The molecule has 1 atom stereocenters. The van der Waals surface area contributed by atoms with Crippen LogP contribution >= 0.6 is 0 Å². The molecule has 118 valence electrons. The number of rotatable bonds is 12. The molecular formula is C16H34N4. The fourth-order valence-corrected chi connectivity index (χ4v) is 2.37. The van der Waals surface area contributed by atoms with Gasteiger partial charge in [-0.25, -0.2) is 0 Å². The van der Waals surface area contributed by atoms with Gasteiger partial charge in [-0.15, -0.1) is 0 Å². The Morgan fingerprint density at radius 2 is 1.40 bits per heavy atom. The zero-order valence-corrected chi connectivity index (χ0v) is 14.0.